The van der Waals surface area contributed by atoms with Gasteiger partial charge in [-0.3, -0.25) is 14.6 Å². The maximum Gasteiger partial charge on any atom is 0.505 e. The number of aromatic amines is 1. The van der Waals surface area contributed by atoms with Crippen LogP contribution in [0.15, 0.2) is 40.1 Å². The number of methoxy groups -OCH3 is 3. The number of nitrogens with one attached hydrogen (secondary N) is 1. The van der Waals surface area contributed by atoms with E-state index in [9.17, 15) is 14.4 Å². The van der Waals surface area contributed by atoms with Gasteiger partial charge in [-0.2, -0.15) is 0 Å². The molecule has 202 valence electrons. The molecule has 0 aliphatic rings. The van der Waals surface area contributed by atoms with Gasteiger partial charge in [0.25, 0.3) is 12.0 Å². The number of esters is 1. The first kappa shape index (κ1) is 34.8. The summed E-state index contributed by atoms with van der Waals surface area (Å²) in [6.07, 6.45) is 0.121. The van der Waals surface area contributed by atoms with Crippen molar-refractivity contribution in [2.24, 2.45) is 0 Å². The Kier molecular flexibility index (Phi) is 20.2. The molecule has 1 aromatic heterocycles. The summed E-state index contributed by atoms with van der Waals surface area (Å²) in [5.41, 5.74) is -0.803. The number of nitrogens with zero attached hydrogens (tertiary/aromatic N) is 1. The zero-order valence-corrected chi connectivity index (χ0v) is 21.4. The second-order valence-corrected chi connectivity index (χ2v) is 6.82. The molecule has 0 aliphatic heterocycles. The fourth-order valence-electron chi connectivity index (χ4n) is 2.07. The number of carbonyl (C=O) groups is 3. The van der Waals surface area contributed by atoms with Crippen LogP contribution in [0.1, 0.15) is 16.8 Å². The van der Waals surface area contributed by atoms with Crippen molar-refractivity contribution in [3.63, 3.8) is 0 Å². The minimum Gasteiger partial charge on any atom is -0.471 e. The molecule has 0 amide bonds. The Morgan fingerprint density at radius 1 is 1.14 bits per heavy atom. The van der Waals surface area contributed by atoms with E-state index in [0.29, 0.717) is 24.5 Å². The molecule has 1 heterocycles. The van der Waals surface area contributed by atoms with Crippen molar-refractivity contribution in [1.29, 1.82) is 0 Å². The van der Waals surface area contributed by atoms with Crippen LogP contribution < -0.4 is 11.2 Å². The van der Waals surface area contributed by atoms with Gasteiger partial charge in [-0.15, -0.1) is 0 Å². The molecule has 13 nitrogen and oxygen atoms in total. The highest BCUT2D eigenvalue weighted by Crippen LogP contribution is 2.21. The number of ether oxygens (including phenoxy) is 4. The Labute approximate surface area is 216 Å². The maximum absolute atomic E-state index is 12.1. The Hall–Kier alpha value is -3.39. The number of aryl methyl sites for hydroxylation is 1. The minimum absolute atomic E-state index is 0.0176. The van der Waals surface area contributed by atoms with Gasteiger partial charge in [-0.25, -0.2) is 14.4 Å². The Balaban J connectivity index is 0. The molecule has 0 fully saturated rings. The Morgan fingerprint density at radius 2 is 1.72 bits per heavy atom. The van der Waals surface area contributed by atoms with E-state index < -0.39 is 29.5 Å². The van der Waals surface area contributed by atoms with Crippen LogP contribution in [0.5, 0.6) is 0 Å². The molecule has 2 rings (SSSR count). The zero-order valence-electron chi connectivity index (χ0n) is 19.9. The van der Waals surface area contributed by atoms with Crippen LogP contribution >= 0.6 is 23.2 Å². The van der Waals surface area contributed by atoms with Crippen LogP contribution in [0.3, 0.4) is 0 Å². The third-order valence-electron chi connectivity index (χ3n) is 3.74. The average molecular weight is 555 g/mol. The van der Waals surface area contributed by atoms with E-state index in [0.717, 1.165) is 14.2 Å². The monoisotopic (exact) mass is 554 g/mol. The lowest BCUT2D eigenvalue weighted by Crippen LogP contribution is -2.31. The van der Waals surface area contributed by atoms with Crippen molar-refractivity contribution in [2.75, 3.05) is 35.0 Å². The summed E-state index contributed by atoms with van der Waals surface area (Å²) in [6.45, 7) is 0.653. The SMILES string of the molecule is CO.COC(=O)O.COC(CCn1ccc(=O)[nH]c1=O)COC(=O)c1cc(Cl)ccc1Cl.COC=O. The molecule has 1 aromatic carbocycles. The lowest BCUT2D eigenvalue weighted by molar-refractivity contribution is -0.126. The normalized spacial score (nSPS) is 9.97. The number of halogens is 2. The van der Waals surface area contributed by atoms with Gasteiger partial charge in [0.2, 0.25) is 0 Å². The third kappa shape index (κ3) is 15.5. The van der Waals surface area contributed by atoms with E-state index in [2.05, 4.69) is 14.5 Å². The van der Waals surface area contributed by atoms with E-state index in [1.807, 2.05) is 0 Å². The summed E-state index contributed by atoms with van der Waals surface area (Å²) < 4.78 is 19.3. The molecule has 0 saturated heterocycles. The first-order valence-corrected chi connectivity index (χ1v) is 10.5. The second-order valence-electron chi connectivity index (χ2n) is 5.97. The fraction of sp³-hybridized carbons (Fsp3) is 0.381. The molecule has 0 bridgehead atoms. The number of benzene rings is 1. The minimum atomic E-state index is -1.25. The standard InChI is InChI=1S/C16H16Cl2N2O5.C2H4O3.C2H4O2.CH4O/c1-24-11(4-6-20-7-5-14(21)19-16(20)23)9-25-15(22)12-8-10(17)2-3-13(12)18;1-5-2(3)4;1-4-2-3;1-2/h2-3,5,7-8,11H,4,6,9H2,1H3,(H,19,21,23);1H3,(H,3,4);2H,1H3;2H,1H3. The van der Waals surface area contributed by atoms with Crippen molar-refractivity contribution >= 4 is 41.8 Å². The molecule has 2 aromatic rings. The summed E-state index contributed by atoms with van der Waals surface area (Å²) in [5.74, 6) is -0.615. The molecule has 1 unspecified atom stereocenters. The number of aliphatic hydroxyl groups excluding tert-OH is 1. The van der Waals surface area contributed by atoms with E-state index in [1.54, 1.807) is 6.07 Å². The topological polar surface area (TPSA) is 183 Å². The van der Waals surface area contributed by atoms with Gasteiger partial charge in [0.05, 0.1) is 30.9 Å². The lowest BCUT2D eigenvalue weighted by atomic mass is 10.2. The van der Waals surface area contributed by atoms with Gasteiger partial charge < -0.3 is 33.7 Å². The largest absolute Gasteiger partial charge is 0.505 e. The molecule has 0 radical (unpaired) electrons. The number of aliphatic hydroxyl groups is 1. The van der Waals surface area contributed by atoms with Crippen LogP contribution in [0.25, 0.3) is 0 Å². The molecule has 0 saturated carbocycles. The molecular weight excluding hydrogens is 527 g/mol. The van der Waals surface area contributed by atoms with Gasteiger partial charge in [-0.05, 0) is 24.6 Å². The average Bonchev–Trinajstić information content (AvgIpc) is 2.88. The highest BCUT2D eigenvalue weighted by Gasteiger charge is 2.16. The highest BCUT2D eigenvalue weighted by molar-refractivity contribution is 6.35. The summed E-state index contributed by atoms with van der Waals surface area (Å²) in [4.78, 5) is 55.0. The maximum atomic E-state index is 12.1. The highest BCUT2D eigenvalue weighted by atomic mass is 35.5. The van der Waals surface area contributed by atoms with E-state index in [4.69, 9.17) is 52.5 Å². The van der Waals surface area contributed by atoms with Gasteiger partial charge in [0, 0.05) is 38.1 Å². The quantitative estimate of drug-likeness (QED) is 0.245. The first-order valence-electron chi connectivity index (χ1n) is 9.72. The van der Waals surface area contributed by atoms with Gasteiger partial charge in [0.1, 0.15) is 6.61 Å². The molecule has 36 heavy (non-hydrogen) atoms. The van der Waals surface area contributed by atoms with Crippen LogP contribution in [0.2, 0.25) is 10.0 Å². The number of carbonyl (C=O) groups excluding carboxylic acids is 2. The molecule has 15 heteroatoms. The van der Waals surface area contributed by atoms with Crippen LogP contribution in [-0.2, 0) is 30.3 Å². The molecule has 0 spiro atoms. The summed E-state index contributed by atoms with van der Waals surface area (Å²) in [5, 5.41) is 15.1. The third-order valence-corrected chi connectivity index (χ3v) is 4.31. The van der Waals surface area contributed by atoms with Gasteiger partial charge >= 0.3 is 17.8 Å². The molecule has 3 N–H and O–H groups in total. The van der Waals surface area contributed by atoms with Gasteiger partial charge in [0.15, 0.2) is 0 Å². The van der Waals surface area contributed by atoms with E-state index >= 15 is 0 Å². The van der Waals surface area contributed by atoms with Crippen LogP contribution in [-0.4, -0.2) is 79.5 Å². The Morgan fingerprint density at radius 3 is 2.19 bits per heavy atom. The number of aromatic nitrogens is 2. The summed E-state index contributed by atoms with van der Waals surface area (Å²) >= 11 is 11.8. The summed E-state index contributed by atoms with van der Waals surface area (Å²) in [7, 11) is 4.88. The molecule has 1 atom stereocenters. The van der Waals surface area contributed by atoms with Crippen molar-refractivity contribution in [2.45, 2.75) is 19.1 Å². The van der Waals surface area contributed by atoms with Crippen LogP contribution in [0, 0.1) is 0 Å². The number of rotatable bonds is 8. The molecular formula is C21H28Cl2N2O11. The predicted molar refractivity (Wildman–Crippen MR) is 130 cm³/mol. The number of hydrogen-bond acceptors (Lipinski definition) is 10. The molecule has 0 aliphatic carbocycles. The van der Waals surface area contributed by atoms with Crippen molar-refractivity contribution in [1.82, 2.24) is 9.55 Å². The van der Waals surface area contributed by atoms with E-state index in [1.165, 1.54) is 43.2 Å². The fourth-order valence-corrected chi connectivity index (χ4v) is 2.44. The number of H-pyrrole nitrogens is 1. The predicted octanol–water partition coefficient (Wildman–Crippen LogP) is 1.81. The van der Waals surface area contributed by atoms with Crippen molar-refractivity contribution < 1.29 is 43.5 Å². The lowest BCUT2D eigenvalue weighted by Gasteiger charge is -2.16. The Bertz CT molecular complexity index is 1040. The first-order chi connectivity index (χ1) is 17.1. The van der Waals surface area contributed by atoms with Crippen LogP contribution in [0.4, 0.5) is 4.79 Å². The zero-order chi connectivity index (χ0) is 28.1. The van der Waals surface area contributed by atoms with Gasteiger partial charge in [-0.1, -0.05) is 23.2 Å². The van der Waals surface area contributed by atoms with Crippen molar-refractivity contribution in [3.8, 4) is 0 Å². The smallest absolute Gasteiger partial charge is 0.471 e. The number of carboxylic acid groups (broad SMARTS) is 1. The second kappa shape index (κ2) is 20.9. The number of hydrogen-bond donors (Lipinski definition) is 3. The van der Waals surface area contributed by atoms with Crippen molar-refractivity contribution in [3.05, 3.63) is 66.9 Å². The summed E-state index contributed by atoms with van der Waals surface area (Å²) in [6, 6.07) is 5.76. The van der Waals surface area contributed by atoms with E-state index in [-0.39, 0.29) is 17.2 Å².